The van der Waals surface area contributed by atoms with E-state index >= 15 is 0 Å². The highest BCUT2D eigenvalue weighted by Gasteiger charge is 2.32. The van der Waals surface area contributed by atoms with E-state index in [2.05, 4.69) is 57.7 Å². The molecule has 0 saturated heterocycles. The van der Waals surface area contributed by atoms with Crippen molar-refractivity contribution in [3.63, 3.8) is 0 Å². The lowest BCUT2D eigenvalue weighted by atomic mass is 9.98. The molecule has 1 heterocycles. The summed E-state index contributed by atoms with van der Waals surface area (Å²) in [4.78, 5) is 56.2. The number of amides is 5. The van der Waals surface area contributed by atoms with E-state index in [1.807, 2.05) is 101 Å². The number of carbonyl (C=O) groups excluding carboxylic acids is 5. The van der Waals surface area contributed by atoms with Gasteiger partial charge < -0.3 is 35.5 Å². The molecule has 61 heavy (non-hydrogen) atoms. The van der Waals surface area contributed by atoms with E-state index in [1.165, 1.54) is 49.0 Å². The highest BCUT2D eigenvalue weighted by molar-refractivity contribution is 6.21. The zero-order chi connectivity index (χ0) is 44.8. The van der Waals surface area contributed by atoms with Crippen LogP contribution in [0.4, 0.5) is 14.4 Å². The normalized spacial score (nSPS) is 11.7. The smallest absolute Gasteiger partial charge is 0.407 e. The standard InChI is InChI=1S/C16H15NO2.C9H7NO2.C9H11NO2.C8H11N.C6H13NO2/c1-17-16(18)19-10-15-13-8-4-2-6-11(13)12-7-3-5-9-14(12)15;1-10-8(11)6-4-2-3-5-7(6)9(10)12;1-10-9(11)12-7-8-5-3-2-4-6-8;1-9-7-8-5-3-2-4-6-8;1-6(2,3)9-5(8)7-4/h2-9,15H,10H2,1H3,(H,17,18);2-5H,1H3;2-6H,7H2,1H3,(H,10,11);2-6,9H,7H2,1H3;1-4H3,(H,7,8). The first-order valence-corrected chi connectivity index (χ1v) is 19.7. The summed E-state index contributed by atoms with van der Waals surface area (Å²) in [6.07, 6.45) is -1.18. The van der Waals surface area contributed by atoms with Crippen LogP contribution in [0.15, 0.2) is 133 Å². The predicted octanol–water partition coefficient (Wildman–Crippen LogP) is 8.16. The van der Waals surface area contributed by atoms with Gasteiger partial charge in [0, 0.05) is 40.7 Å². The number of imide groups is 1. The van der Waals surface area contributed by atoms with Gasteiger partial charge in [-0.2, -0.15) is 0 Å². The van der Waals surface area contributed by atoms with Crippen LogP contribution in [0.2, 0.25) is 0 Å². The molecule has 1 aliphatic heterocycles. The molecule has 322 valence electrons. The average molecular weight is 832 g/mol. The van der Waals surface area contributed by atoms with Crippen molar-refractivity contribution in [1.29, 1.82) is 0 Å². The molecule has 5 amide bonds. The Bertz CT molecular complexity index is 2090. The van der Waals surface area contributed by atoms with Crippen LogP contribution >= 0.6 is 0 Å². The van der Waals surface area contributed by atoms with Gasteiger partial charge in [0.05, 0.1) is 11.1 Å². The highest BCUT2D eigenvalue weighted by Crippen LogP contribution is 2.44. The number of hydrogen-bond donors (Lipinski definition) is 4. The quantitative estimate of drug-likeness (QED) is 0.0977. The minimum absolute atomic E-state index is 0.129. The molecule has 13 heteroatoms. The fourth-order valence-electron chi connectivity index (χ4n) is 5.90. The molecular formula is C48H57N5O8. The molecule has 5 aromatic carbocycles. The monoisotopic (exact) mass is 831 g/mol. The Morgan fingerprint density at radius 2 is 0.934 bits per heavy atom. The van der Waals surface area contributed by atoms with Crippen molar-refractivity contribution in [2.24, 2.45) is 0 Å². The van der Waals surface area contributed by atoms with Crippen LogP contribution in [-0.2, 0) is 27.4 Å². The fraction of sp³-hybridized carbons (Fsp3) is 0.271. The zero-order valence-electron chi connectivity index (χ0n) is 36.1. The van der Waals surface area contributed by atoms with Crippen molar-refractivity contribution in [2.75, 3.05) is 41.8 Å². The van der Waals surface area contributed by atoms with Gasteiger partial charge in [-0.25, -0.2) is 14.4 Å². The van der Waals surface area contributed by atoms with Gasteiger partial charge >= 0.3 is 18.3 Å². The van der Waals surface area contributed by atoms with Crippen molar-refractivity contribution in [1.82, 2.24) is 26.2 Å². The third-order valence-corrected chi connectivity index (χ3v) is 8.79. The maximum Gasteiger partial charge on any atom is 0.407 e. The SMILES string of the molecule is CN1C(=O)c2ccccc2C1=O.CNC(=O)OC(C)(C)C.CNC(=O)OCC1c2ccccc2-c2ccccc21.CNC(=O)OCc1ccccc1.CNCc1ccccc1. The largest absolute Gasteiger partial charge is 0.449 e. The number of carbonyl (C=O) groups is 5. The van der Waals surface area contributed by atoms with Gasteiger partial charge in [-0.3, -0.25) is 14.5 Å². The maximum atomic E-state index is 11.3. The molecule has 7 rings (SSSR count). The van der Waals surface area contributed by atoms with Crippen LogP contribution in [0.25, 0.3) is 11.1 Å². The minimum atomic E-state index is -0.404. The third-order valence-electron chi connectivity index (χ3n) is 8.79. The zero-order valence-corrected chi connectivity index (χ0v) is 36.1. The van der Waals surface area contributed by atoms with Crippen LogP contribution in [0.3, 0.4) is 0 Å². The van der Waals surface area contributed by atoms with Crippen LogP contribution in [0, 0.1) is 0 Å². The Kier molecular flexibility index (Phi) is 19.7. The summed E-state index contributed by atoms with van der Waals surface area (Å²) >= 11 is 0. The molecule has 1 aliphatic carbocycles. The van der Waals surface area contributed by atoms with E-state index in [9.17, 15) is 24.0 Å². The minimum Gasteiger partial charge on any atom is -0.449 e. The van der Waals surface area contributed by atoms with E-state index in [-0.39, 0.29) is 35.5 Å². The molecule has 0 spiro atoms. The summed E-state index contributed by atoms with van der Waals surface area (Å²) in [5.74, 6) is -0.295. The second-order valence-corrected chi connectivity index (χ2v) is 14.4. The number of hydrogen-bond acceptors (Lipinski definition) is 9. The van der Waals surface area contributed by atoms with E-state index in [0.717, 1.165) is 17.0 Å². The molecule has 0 radical (unpaired) electrons. The Labute approximate surface area is 358 Å². The Hall–Kier alpha value is -6.99. The third kappa shape index (κ3) is 15.6. The van der Waals surface area contributed by atoms with E-state index < -0.39 is 6.09 Å². The highest BCUT2D eigenvalue weighted by atomic mass is 16.6. The molecule has 0 saturated carbocycles. The van der Waals surface area contributed by atoms with E-state index in [1.54, 1.807) is 31.3 Å². The maximum absolute atomic E-state index is 11.3. The fourth-order valence-corrected chi connectivity index (χ4v) is 5.90. The topological polar surface area (TPSA) is 164 Å². The number of fused-ring (bicyclic) bond motifs is 4. The van der Waals surface area contributed by atoms with E-state index in [0.29, 0.717) is 24.3 Å². The van der Waals surface area contributed by atoms with Crippen molar-refractivity contribution >= 4 is 30.1 Å². The summed E-state index contributed by atoms with van der Waals surface area (Å²) < 4.78 is 14.9. The molecule has 0 atom stereocenters. The second-order valence-electron chi connectivity index (χ2n) is 14.4. The van der Waals surface area contributed by atoms with Crippen molar-refractivity contribution < 1.29 is 38.2 Å². The summed E-state index contributed by atoms with van der Waals surface area (Å²) in [7, 11) is 8.08. The molecule has 0 fully saturated rings. The number of nitrogens with one attached hydrogen (secondary N) is 4. The predicted molar refractivity (Wildman–Crippen MR) is 237 cm³/mol. The lowest BCUT2D eigenvalue weighted by molar-refractivity contribution is 0.0540. The van der Waals surface area contributed by atoms with Crippen LogP contribution in [0.1, 0.15) is 69.7 Å². The molecular weight excluding hydrogens is 775 g/mol. The lowest BCUT2D eigenvalue weighted by Gasteiger charge is -2.18. The van der Waals surface area contributed by atoms with Gasteiger partial charge in [-0.1, -0.05) is 121 Å². The van der Waals surface area contributed by atoms with Gasteiger partial charge in [-0.15, -0.1) is 0 Å². The van der Waals surface area contributed by atoms with Gasteiger partial charge in [0.15, 0.2) is 0 Å². The summed E-state index contributed by atoms with van der Waals surface area (Å²) in [5.41, 5.74) is 7.88. The molecule has 13 nitrogen and oxygen atoms in total. The molecule has 0 bridgehead atoms. The summed E-state index contributed by atoms with van der Waals surface area (Å²) in [6.45, 7) is 7.11. The number of nitrogens with zero attached hydrogens (tertiary/aromatic N) is 1. The average Bonchev–Trinajstić information content (AvgIpc) is 3.71. The summed E-state index contributed by atoms with van der Waals surface area (Å²) in [5, 5.41) is 10.3. The number of benzene rings is 5. The van der Waals surface area contributed by atoms with Crippen LogP contribution < -0.4 is 21.3 Å². The molecule has 4 N–H and O–H groups in total. The van der Waals surface area contributed by atoms with Crippen LogP contribution in [-0.4, -0.2) is 82.4 Å². The molecule has 2 aliphatic rings. The lowest BCUT2D eigenvalue weighted by Crippen LogP contribution is -2.30. The van der Waals surface area contributed by atoms with Crippen molar-refractivity contribution in [2.45, 2.75) is 45.4 Å². The second kappa shape index (κ2) is 24.8. The van der Waals surface area contributed by atoms with Gasteiger partial charge in [0.25, 0.3) is 11.8 Å². The van der Waals surface area contributed by atoms with Crippen molar-refractivity contribution in [3.05, 3.63) is 167 Å². The Balaban J connectivity index is 0.000000211. The summed E-state index contributed by atoms with van der Waals surface area (Å²) in [6, 6.07) is 43.3. The van der Waals surface area contributed by atoms with Gasteiger partial charge in [0.2, 0.25) is 0 Å². The first-order chi connectivity index (χ1) is 29.2. The van der Waals surface area contributed by atoms with Gasteiger partial charge in [0.1, 0.15) is 18.8 Å². The Morgan fingerprint density at radius 3 is 1.34 bits per heavy atom. The molecule has 0 aromatic heterocycles. The van der Waals surface area contributed by atoms with E-state index in [4.69, 9.17) is 14.2 Å². The first kappa shape index (κ1) is 48.4. The number of rotatable bonds is 6. The molecule has 5 aromatic rings. The first-order valence-electron chi connectivity index (χ1n) is 19.7. The van der Waals surface area contributed by atoms with Crippen LogP contribution in [0.5, 0.6) is 0 Å². The molecule has 0 unspecified atom stereocenters. The van der Waals surface area contributed by atoms with Crippen molar-refractivity contribution in [3.8, 4) is 11.1 Å². The number of ether oxygens (including phenoxy) is 3. The Morgan fingerprint density at radius 1 is 0.541 bits per heavy atom. The number of alkyl carbamates (subject to hydrolysis) is 3. The van der Waals surface area contributed by atoms with Gasteiger partial charge in [-0.05, 0) is 73.3 Å².